The van der Waals surface area contributed by atoms with E-state index >= 15 is 0 Å². The first kappa shape index (κ1) is 19.8. The molecule has 29 heavy (non-hydrogen) atoms. The standard InChI is InChI=1S/C22H24FN3O2S/c23-18-9-5-4-8-17(18)15-26-20(27)19(14-16-6-2-1-3-7-16)24-22(26)10-12-25(13-11-22)21(28)29/h1-9,19,24H,10-15H2,(H,28,29). The van der Waals surface area contributed by atoms with Crippen LogP contribution in [0.3, 0.4) is 0 Å². The van der Waals surface area contributed by atoms with Crippen LogP contribution in [0, 0.1) is 5.82 Å². The van der Waals surface area contributed by atoms with Crippen molar-refractivity contribution in [3.8, 4) is 0 Å². The molecule has 1 amide bonds. The molecule has 0 saturated carbocycles. The van der Waals surface area contributed by atoms with Crippen LogP contribution in [0.5, 0.6) is 0 Å². The molecule has 1 spiro atoms. The Bertz CT molecular complexity index is 900. The molecule has 2 heterocycles. The second kappa shape index (κ2) is 8.08. The fraction of sp³-hybridized carbons (Fsp3) is 0.364. The highest BCUT2D eigenvalue weighted by Crippen LogP contribution is 2.35. The van der Waals surface area contributed by atoms with Crippen LogP contribution in [0.2, 0.25) is 0 Å². The van der Waals surface area contributed by atoms with Crippen LogP contribution in [-0.4, -0.2) is 50.8 Å². The lowest BCUT2D eigenvalue weighted by Gasteiger charge is -2.44. The number of benzene rings is 2. The molecule has 2 aliphatic heterocycles. The Morgan fingerprint density at radius 1 is 1.14 bits per heavy atom. The molecule has 2 aromatic carbocycles. The maximum atomic E-state index is 14.3. The van der Waals surface area contributed by atoms with Gasteiger partial charge in [0.05, 0.1) is 18.2 Å². The van der Waals surface area contributed by atoms with E-state index in [2.05, 4.69) is 5.32 Å². The van der Waals surface area contributed by atoms with Crippen molar-refractivity contribution in [3.05, 3.63) is 71.5 Å². The normalized spacial score (nSPS) is 21.0. The molecular formula is C22H24FN3O2S. The van der Waals surface area contributed by atoms with Crippen LogP contribution in [0.25, 0.3) is 0 Å². The van der Waals surface area contributed by atoms with Gasteiger partial charge in [0.25, 0.3) is 5.17 Å². The molecule has 1 unspecified atom stereocenters. The number of piperidine rings is 1. The van der Waals surface area contributed by atoms with E-state index in [1.807, 2.05) is 30.3 Å². The second-order valence-electron chi connectivity index (χ2n) is 7.70. The molecule has 2 saturated heterocycles. The van der Waals surface area contributed by atoms with E-state index in [9.17, 15) is 14.3 Å². The smallest absolute Gasteiger partial charge is 0.256 e. The predicted octanol–water partition coefficient (Wildman–Crippen LogP) is 3.00. The Morgan fingerprint density at radius 3 is 2.45 bits per heavy atom. The third kappa shape index (κ3) is 3.97. The summed E-state index contributed by atoms with van der Waals surface area (Å²) >= 11 is 4.89. The summed E-state index contributed by atoms with van der Waals surface area (Å²) in [6, 6.07) is 16.1. The van der Waals surface area contributed by atoms with E-state index in [-0.39, 0.29) is 29.5 Å². The monoisotopic (exact) mass is 413 g/mol. The van der Waals surface area contributed by atoms with Crippen molar-refractivity contribution in [2.75, 3.05) is 13.1 Å². The average Bonchev–Trinajstić information content (AvgIpc) is 2.96. The summed E-state index contributed by atoms with van der Waals surface area (Å²) in [5.41, 5.74) is 1.01. The zero-order valence-corrected chi connectivity index (χ0v) is 16.9. The molecule has 4 rings (SSSR count). The Hall–Kier alpha value is -2.51. The number of nitrogens with zero attached hydrogens (tertiary/aromatic N) is 2. The van der Waals surface area contributed by atoms with Crippen molar-refractivity contribution in [1.82, 2.24) is 15.1 Å². The molecule has 2 aliphatic rings. The molecule has 152 valence electrons. The number of likely N-dealkylation sites (tertiary alicyclic amines) is 1. The Labute approximate surface area is 175 Å². The first-order valence-corrected chi connectivity index (χ1v) is 10.2. The summed E-state index contributed by atoms with van der Waals surface area (Å²) in [7, 11) is 0. The number of thiocarbonyl (C=S) groups is 1. The SMILES string of the molecule is O=C1C(Cc2ccccc2)NC2(CCN(C(O)=S)CC2)N1Cc1ccccc1F. The number of carbonyl (C=O) groups is 1. The van der Waals surface area contributed by atoms with Gasteiger partial charge in [-0.15, -0.1) is 0 Å². The minimum absolute atomic E-state index is 0.0165. The average molecular weight is 414 g/mol. The summed E-state index contributed by atoms with van der Waals surface area (Å²) in [4.78, 5) is 16.9. The van der Waals surface area contributed by atoms with Gasteiger partial charge in [-0.25, -0.2) is 4.39 Å². The fourth-order valence-corrected chi connectivity index (χ4v) is 4.54. The predicted molar refractivity (Wildman–Crippen MR) is 113 cm³/mol. The summed E-state index contributed by atoms with van der Waals surface area (Å²) in [6.45, 7) is 1.30. The van der Waals surface area contributed by atoms with Gasteiger partial charge in [-0.3, -0.25) is 10.1 Å². The van der Waals surface area contributed by atoms with Crippen molar-refractivity contribution in [3.63, 3.8) is 0 Å². The lowest BCUT2D eigenvalue weighted by molar-refractivity contribution is -0.134. The first-order chi connectivity index (χ1) is 14.0. The lowest BCUT2D eigenvalue weighted by Crippen LogP contribution is -2.59. The van der Waals surface area contributed by atoms with Crippen molar-refractivity contribution in [2.24, 2.45) is 0 Å². The highest BCUT2D eigenvalue weighted by Gasteiger charge is 2.51. The maximum absolute atomic E-state index is 14.3. The molecule has 0 bridgehead atoms. The van der Waals surface area contributed by atoms with Gasteiger partial charge in [-0.05, 0) is 30.3 Å². The van der Waals surface area contributed by atoms with Gasteiger partial charge in [0, 0.05) is 31.5 Å². The number of halogens is 1. The molecule has 0 aliphatic carbocycles. The van der Waals surface area contributed by atoms with Gasteiger partial charge >= 0.3 is 0 Å². The van der Waals surface area contributed by atoms with Gasteiger partial charge < -0.3 is 14.9 Å². The number of nitrogens with one attached hydrogen (secondary N) is 1. The molecular weight excluding hydrogens is 389 g/mol. The zero-order chi connectivity index (χ0) is 20.4. The minimum Gasteiger partial charge on any atom is -0.487 e. The highest BCUT2D eigenvalue weighted by atomic mass is 32.1. The van der Waals surface area contributed by atoms with E-state index in [0.29, 0.717) is 37.9 Å². The largest absolute Gasteiger partial charge is 0.487 e. The van der Waals surface area contributed by atoms with E-state index in [4.69, 9.17) is 12.2 Å². The third-order valence-electron chi connectivity index (χ3n) is 5.95. The summed E-state index contributed by atoms with van der Waals surface area (Å²) in [5, 5.41) is 13.1. The van der Waals surface area contributed by atoms with Crippen LogP contribution in [0.15, 0.2) is 54.6 Å². The molecule has 0 radical (unpaired) electrons. The van der Waals surface area contributed by atoms with Crippen molar-refractivity contribution < 1.29 is 14.3 Å². The van der Waals surface area contributed by atoms with Gasteiger partial charge in [0.1, 0.15) is 5.82 Å². The fourth-order valence-electron chi connectivity index (χ4n) is 4.36. The van der Waals surface area contributed by atoms with Crippen molar-refractivity contribution in [1.29, 1.82) is 0 Å². The number of carbonyl (C=O) groups excluding carboxylic acids is 1. The quantitative estimate of drug-likeness (QED) is 0.755. The van der Waals surface area contributed by atoms with Crippen molar-refractivity contribution in [2.45, 2.75) is 37.5 Å². The van der Waals surface area contributed by atoms with E-state index < -0.39 is 5.66 Å². The number of amides is 1. The van der Waals surface area contributed by atoms with Crippen LogP contribution >= 0.6 is 12.2 Å². The number of aliphatic hydroxyl groups is 1. The summed E-state index contributed by atoms with van der Waals surface area (Å²) in [6.07, 6.45) is 1.80. The third-order valence-corrected chi connectivity index (χ3v) is 6.21. The number of hydrogen-bond acceptors (Lipinski definition) is 3. The minimum atomic E-state index is -0.569. The molecule has 5 nitrogen and oxygen atoms in total. The van der Waals surface area contributed by atoms with Crippen LogP contribution < -0.4 is 5.32 Å². The number of hydrogen-bond donors (Lipinski definition) is 2. The van der Waals surface area contributed by atoms with E-state index in [1.54, 1.807) is 28.0 Å². The molecule has 2 fully saturated rings. The first-order valence-electron chi connectivity index (χ1n) is 9.83. The van der Waals surface area contributed by atoms with E-state index in [0.717, 1.165) is 5.56 Å². The highest BCUT2D eigenvalue weighted by molar-refractivity contribution is 7.79. The molecule has 1 atom stereocenters. The summed E-state index contributed by atoms with van der Waals surface area (Å²) in [5.74, 6) is -0.326. The number of aliphatic hydroxyl groups excluding tert-OH is 1. The van der Waals surface area contributed by atoms with Crippen LogP contribution in [0.1, 0.15) is 24.0 Å². The Balaban J connectivity index is 1.60. The van der Waals surface area contributed by atoms with Crippen molar-refractivity contribution >= 4 is 23.3 Å². The molecule has 2 aromatic rings. The molecule has 0 aromatic heterocycles. The van der Waals surface area contributed by atoms with Crippen LogP contribution in [-0.2, 0) is 17.8 Å². The lowest BCUT2D eigenvalue weighted by atomic mass is 9.95. The Kier molecular flexibility index (Phi) is 5.52. The van der Waals surface area contributed by atoms with Gasteiger partial charge in [0.15, 0.2) is 0 Å². The number of rotatable bonds is 4. The molecule has 7 heteroatoms. The Morgan fingerprint density at radius 2 is 1.79 bits per heavy atom. The maximum Gasteiger partial charge on any atom is 0.256 e. The summed E-state index contributed by atoms with van der Waals surface area (Å²) < 4.78 is 14.3. The second-order valence-corrected chi connectivity index (χ2v) is 8.07. The van der Waals surface area contributed by atoms with Gasteiger partial charge in [-0.1, -0.05) is 48.5 Å². The molecule has 2 N–H and O–H groups in total. The van der Waals surface area contributed by atoms with Gasteiger partial charge in [-0.2, -0.15) is 0 Å². The van der Waals surface area contributed by atoms with E-state index in [1.165, 1.54) is 6.07 Å². The van der Waals surface area contributed by atoms with Crippen LogP contribution in [0.4, 0.5) is 4.39 Å². The zero-order valence-electron chi connectivity index (χ0n) is 16.1. The van der Waals surface area contributed by atoms with Gasteiger partial charge in [0.2, 0.25) is 5.91 Å². The topological polar surface area (TPSA) is 55.8 Å².